The van der Waals surface area contributed by atoms with E-state index in [9.17, 15) is 4.79 Å². The summed E-state index contributed by atoms with van der Waals surface area (Å²) in [6.45, 7) is 4.13. The molecule has 0 fully saturated rings. The van der Waals surface area contributed by atoms with Crippen molar-refractivity contribution in [3.63, 3.8) is 0 Å². The van der Waals surface area contributed by atoms with E-state index in [-0.39, 0.29) is 6.10 Å². The fraction of sp³-hybridized carbons (Fsp3) is 0.286. The number of H-pyrrole nitrogens is 1. The number of alkyl carbamates (subject to hydrolysis) is 1. The van der Waals surface area contributed by atoms with Crippen molar-refractivity contribution >= 4 is 6.09 Å². The molecule has 0 saturated carbocycles. The minimum absolute atomic E-state index is 0.350. The molecule has 0 aliphatic carbocycles. The fourth-order valence-electron chi connectivity index (χ4n) is 1.69. The van der Waals surface area contributed by atoms with Crippen LogP contribution in [0.4, 0.5) is 4.79 Å². The third kappa shape index (κ3) is 3.84. The van der Waals surface area contributed by atoms with Crippen molar-refractivity contribution in [2.24, 2.45) is 0 Å². The summed E-state index contributed by atoms with van der Waals surface area (Å²) >= 11 is 0. The third-order valence-corrected chi connectivity index (χ3v) is 2.73. The van der Waals surface area contributed by atoms with E-state index in [4.69, 9.17) is 4.74 Å². The van der Waals surface area contributed by atoms with Gasteiger partial charge in [-0.15, -0.1) is 0 Å². The minimum atomic E-state index is -0.441. The lowest BCUT2D eigenvalue weighted by Crippen LogP contribution is -2.25. The molecule has 2 N–H and O–H groups in total. The van der Waals surface area contributed by atoms with Gasteiger partial charge in [0.2, 0.25) is 0 Å². The van der Waals surface area contributed by atoms with Gasteiger partial charge in [0.1, 0.15) is 6.10 Å². The van der Waals surface area contributed by atoms with Crippen LogP contribution in [-0.2, 0) is 11.3 Å². The molecule has 1 aromatic heterocycles. The summed E-state index contributed by atoms with van der Waals surface area (Å²) < 4.78 is 5.25. The maximum absolute atomic E-state index is 11.6. The molecule has 19 heavy (non-hydrogen) atoms. The van der Waals surface area contributed by atoms with Crippen molar-refractivity contribution in [3.8, 4) is 0 Å². The number of rotatable bonds is 4. The van der Waals surface area contributed by atoms with Crippen LogP contribution in [0.5, 0.6) is 0 Å². The third-order valence-electron chi connectivity index (χ3n) is 2.73. The molecule has 0 radical (unpaired) electrons. The average molecular weight is 259 g/mol. The molecular formula is C14H17N3O2. The Balaban J connectivity index is 1.81. The first-order chi connectivity index (χ1) is 9.15. The number of benzene rings is 1. The molecule has 2 aromatic rings. The van der Waals surface area contributed by atoms with Crippen molar-refractivity contribution in [3.05, 3.63) is 53.3 Å². The van der Waals surface area contributed by atoms with Crippen LogP contribution in [0.15, 0.2) is 36.4 Å². The zero-order chi connectivity index (χ0) is 13.7. The van der Waals surface area contributed by atoms with Crippen LogP contribution >= 0.6 is 0 Å². The molecule has 5 nitrogen and oxygen atoms in total. The van der Waals surface area contributed by atoms with Gasteiger partial charge in [-0.1, -0.05) is 30.3 Å². The monoisotopic (exact) mass is 259 g/mol. The summed E-state index contributed by atoms with van der Waals surface area (Å²) in [7, 11) is 0. The van der Waals surface area contributed by atoms with Gasteiger partial charge in [-0.3, -0.25) is 5.10 Å². The Morgan fingerprint density at radius 3 is 2.79 bits per heavy atom. The minimum Gasteiger partial charge on any atom is -0.440 e. The number of carbonyl (C=O) groups is 1. The van der Waals surface area contributed by atoms with Crippen molar-refractivity contribution in [2.75, 3.05) is 0 Å². The standard InChI is InChI=1S/C14H17N3O2/c1-10-8-13(17-16-10)11(2)19-14(18)15-9-12-6-4-3-5-7-12/h3-8,11H,9H2,1-2H3,(H,15,18)(H,16,17)/t11-/m1/s1. The largest absolute Gasteiger partial charge is 0.440 e. The van der Waals surface area contributed by atoms with Crippen LogP contribution in [0.1, 0.15) is 30.0 Å². The molecule has 0 unspecified atom stereocenters. The smallest absolute Gasteiger partial charge is 0.408 e. The van der Waals surface area contributed by atoms with Gasteiger partial charge in [0.05, 0.1) is 11.4 Å². The van der Waals surface area contributed by atoms with Crippen molar-refractivity contribution < 1.29 is 9.53 Å². The number of aryl methyl sites for hydroxylation is 1. The highest BCUT2D eigenvalue weighted by atomic mass is 16.6. The first-order valence-corrected chi connectivity index (χ1v) is 6.15. The molecule has 0 bridgehead atoms. The molecule has 0 aliphatic heterocycles. The van der Waals surface area contributed by atoms with E-state index < -0.39 is 6.09 Å². The summed E-state index contributed by atoms with van der Waals surface area (Å²) in [5.74, 6) is 0. The fourth-order valence-corrected chi connectivity index (χ4v) is 1.69. The lowest BCUT2D eigenvalue weighted by atomic mass is 10.2. The molecule has 0 saturated heterocycles. The average Bonchev–Trinajstić information content (AvgIpc) is 2.84. The molecule has 1 atom stereocenters. The Labute approximate surface area is 112 Å². The molecule has 5 heteroatoms. The molecule has 1 amide bonds. The van der Waals surface area contributed by atoms with E-state index >= 15 is 0 Å². The van der Waals surface area contributed by atoms with Crippen LogP contribution < -0.4 is 5.32 Å². The summed E-state index contributed by atoms with van der Waals surface area (Å²) in [6.07, 6.45) is -0.791. The number of amides is 1. The summed E-state index contributed by atoms with van der Waals surface area (Å²) in [5, 5.41) is 9.54. The normalized spacial score (nSPS) is 11.9. The first-order valence-electron chi connectivity index (χ1n) is 6.15. The second-order valence-corrected chi connectivity index (χ2v) is 4.35. The van der Waals surface area contributed by atoms with Gasteiger partial charge in [-0.2, -0.15) is 5.10 Å². The van der Waals surface area contributed by atoms with Crippen molar-refractivity contribution in [2.45, 2.75) is 26.5 Å². The van der Waals surface area contributed by atoms with Gasteiger partial charge < -0.3 is 10.1 Å². The van der Waals surface area contributed by atoms with E-state index in [0.29, 0.717) is 6.54 Å². The van der Waals surface area contributed by atoms with E-state index in [2.05, 4.69) is 15.5 Å². The van der Waals surface area contributed by atoms with E-state index in [0.717, 1.165) is 17.0 Å². The predicted octanol–water partition coefficient (Wildman–Crippen LogP) is 2.71. The Hall–Kier alpha value is -2.30. The summed E-state index contributed by atoms with van der Waals surface area (Å²) in [4.78, 5) is 11.6. The molecule has 100 valence electrons. The number of nitrogens with zero attached hydrogens (tertiary/aromatic N) is 1. The van der Waals surface area contributed by atoms with Gasteiger partial charge in [-0.05, 0) is 25.5 Å². The Bertz CT molecular complexity index is 537. The number of hydrogen-bond acceptors (Lipinski definition) is 3. The molecule has 0 aliphatic rings. The number of nitrogens with one attached hydrogen (secondary N) is 2. The highest BCUT2D eigenvalue weighted by Crippen LogP contribution is 2.14. The second-order valence-electron chi connectivity index (χ2n) is 4.35. The van der Waals surface area contributed by atoms with Crippen LogP contribution in [0, 0.1) is 6.92 Å². The topological polar surface area (TPSA) is 67.0 Å². The van der Waals surface area contributed by atoms with Crippen molar-refractivity contribution in [1.82, 2.24) is 15.5 Å². The zero-order valence-electron chi connectivity index (χ0n) is 11.0. The van der Waals surface area contributed by atoms with Gasteiger partial charge in [-0.25, -0.2) is 4.79 Å². The Kier molecular flexibility index (Phi) is 4.18. The molecular weight excluding hydrogens is 242 g/mol. The van der Waals surface area contributed by atoms with Crippen LogP contribution in [0.3, 0.4) is 0 Å². The predicted molar refractivity (Wildman–Crippen MR) is 71.5 cm³/mol. The van der Waals surface area contributed by atoms with E-state index in [1.807, 2.05) is 43.3 Å². The Morgan fingerprint density at radius 1 is 1.42 bits per heavy atom. The van der Waals surface area contributed by atoms with Crippen LogP contribution in [0.25, 0.3) is 0 Å². The van der Waals surface area contributed by atoms with E-state index in [1.165, 1.54) is 0 Å². The number of aromatic amines is 1. The summed E-state index contributed by atoms with van der Waals surface area (Å²) in [6, 6.07) is 11.5. The number of carbonyl (C=O) groups excluding carboxylic acids is 1. The molecule has 2 rings (SSSR count). The number of hydrogen-bond donors (Lipinski definition) is 2. The van der Waals surface area contributed by atoms with Gasteiger partial charge >= 0.3 is 6.09 Å². The highest BCUT2D eigenvalue weighted by molar-refractivity contribution is 5.67. The maximum Gasteiger partial charge on any atom is 0.408 e. The Morgan fingerprint density at radius 2 is 2.16 bits per heavy atom. The SMILES string of the molecule is Cc1cc([C@@H](C)OC(=O)NCc2ccccc2)[nH]n1. The lowest BCUT2D eigenvalue weighted by Gasteiger charge is -2.12. The molecule has 0 spiro atoms. The quantitative estimate of drug-likeness (QED) is 0.887. The number of aromatic nitrogens is 2. The molecule has 1 aromatic carbocycles. The first kappa shape index (κ1) is 13.1. The van der Waals surface area contributed by atoms with Crippen LogP contribution in [-0.4, -0.2) is 16.3 Å². The van der Waals surface area contributed by atoms with Gasteiger partial charge in [0, 0.05) is 6.54 Å². The lowest BCUT2D eigenvalue weighted by molar-refractivity contribution is 0.104. The highest BCUT2D eigenvalue weighted by Gasteiger charge is 2.13. The second kappa shape index (κ2) is 6.04. The maximum atomic E-state index is 11.6. The summed E-state index contributed by atoms with van der Waals surface area (Å²) in [5.41, 5.74) is 2.69. The van der Waals surface area contributed by atoms with Gasteiger partial charge in [0.25, 0.3) is 0 Å². The van der Waals surface area contributed by atoms with Gasteiger partial charge in [0.15, 0.2) is 0 Å². The molecule has 1 heterocycles. The van der Waals surface area contributed by atoms with Crippen LogP contribution in [0.2, 0.25) is 0 Å². The van der Waals surface area contributed by atoms with Crippen molar-refractivity contribution in [1.29, 1.82) is 0 Å². The zero-order valence-corrected chi connectivity index (χ0v) is 11.0. The number of ether oxygens (including phenoxy) is 1. The van der Waals surface area contributed by atoms with E-state index in [1.54, 1.807) is 6.92 Å².